The highest BCUT2D eigenvalue weighted by atomic mass is 79.9. The molecule has 0 saturated carbocycles. The van der Waals surface area contributed by atoms with Crippen molar-refractivity contribution in [2.24, 2.45) is 0 Å². The zero-order valence-electron chi connectivity index (χ0n) is 8.23. The summed E-state index contributed by atoms with van der Waals surface area (Å²) in [6.45, 7) is 0. The van der Waals surface area contributed by atoms with E-state index in [-0.39, 0.29) is 11.9 Å². The molecule has 84 valence electrons. The van der Waals surface area contributed by atoms with Crippen molar-refractivity contribution in [1.82, 2.24) is 0 Å². The fourth-order valence-electron chi connectivity index (χ4n) is 0.922. The molecule has 1 heterocycles. The second kappa shape index (κ2) is 5.07. The van der Waals surface area contributed by atoms with E-state index >= 15 is 0 Å². The molecule has 1 aromatic rings. The third-order valence-electron chi connectivity index (χ3n) is 1.74. The van der Waals surface area contributed by atoms with Crippen molar-refractivity contribution in [3.05, 3.63) is 22.6 Å². The van der Waals surface area contributed by atoms with Gasteiger partial charge in [0.05, 0.1) is 0 Å². The van der Waals surface area contributed by atoms with E-state index in [2.05, 4.69) is 25.0 Å². The SMILES string of the molecule is COP(=O)(CC(=O)c1ccc(Br)o1)OC. The first kappa shape index (κ1) is 12.6. The molecule has 0 saturated heterocycles. The summed E-state index contributed by atoms with van der Waals surface area (Å²) in [6.07, 6.45) is -0.333. The fourth-order valence-corrected chi connectivity index (χ4v) is 2.14. The Morgan fingerprint density at radius 2 is 2.07 bits per heavy atom. The molecule has 0 amide bonds. The molecule has 0 radical (unpaired) electrons. The number of ketones is 1. The van der Waals surface area contributed by atoms with Crippen LogP contribution >= 0.6 is 23.5 Å². The summed E-state index contributed by atoms with van der Waals surface area (Å²) in [5.74, 6) is -0.302. The number of carbonyl (C=O) groups is 1. The van der Waals surface area contributed by atoms with Crippen molar-refractivity contribution in [1.29, 1.82) is 0 Å². The maximum Gasteiger partial charge on any atom is 0.338 e. The molecule has 0 spiro atoms. The predicted octanol–water partition coefficient (Wildman–Crippen LogP) is 2.71. The first-order valence-electron chi connectivity index (χ1n) is 4.00. The number of halogens is 1. The second-order valence-corrected chi connectivity index (χ2v) is 5.71. The van der Waals surface area contributed by atoms with Gasteiger partial charge in [0.15, 0.2) is 10.4 Å². The van der Waals surface area contributed by atoms with Gasteiger partial charge in [-0.05, 0) is 28.1 Å². The van der Waals surface area contributed by atoms with E-state index < -0.39 is 13.4 Å². The normalized spacial score (nSPS) is 11.7. The van der Waals surface area contributed by atoms with Crippen LogP contribution in [0.4, 0.5) is 0 Å². The van der Waals surface area contributed by atoms with Gasteiger partial charge in [-0.15, -0.1) is 0 Å². The molecule has 0 N–H and O–H groups in total. The van der Waals surface area contributed by atoms with Crippen molar-refractivity contribution in [3.63, 3.8) is 0 Å². The van der Waals surface area contributed by atoms with Gasteiger partial charge in [0, 0.05) is 14.2 Å². The van der Waals surface area contributed by atoms with Crippen molar-refractivity contribution >= 4 is 29.3 Å². The van der Waals surface area contributed by atoms with Crippen LogP contribution in [0, 0.1) is 0 Å². The lowest BCUT2D eigenvalue weighted by atomic mass is 10.3. The lowest BCUT2D eigenvalue weighted by Crippen LogP contribution is -2.07. The lowest BCUT2D eigenvalue weighted by molar-refractivity contribution is 0.0981. The van der Waals surface area contributed by atoms with E-state index in [0.717, 1.165) is 0 Å². The molecule has 0 atom stereocenters. The second-order valence-electron chi connectivity index (χ2n) is 2.66. The zero-order valence-corrected chi connectivity index (χ0v) is 10.7. The molecule has 0 aromatic carbocycles. The van der Waals surface area contributed by atoms with Crippen molar-refractivity contribution in [2.75, 3.05) is 20.4 Å². The van der Waals surface area contributed by atoms with Crippen LogP contribution in [0.1, 0.15) is 10.6 Å². The quantitative estimate of drug-likeness (QED) is 0.617. The van der Waals surface area contributed by atoms with Crippen LogP contribution in [0.25, 0.3) is 0 Å². The lowest BCUT2D eigenvalue weighted by Gasteiger charge is -2.11. The number of Topliss-reactive ketones (excluding diaryl/α,β-unsaturated/α-hetero) is 1. The molecule has 5 nitrogen and oxygen atoms in total. The smallest absolute Gasteiger partial charge is 0.338 e. The largest absolute Gasteiger partial charge is 0.446 e. The van der Waals surface area contributed by atoms with Gasteiger partial charge in [0.25, 0.3) is 0 Å². The van der Waals surface area contributed by atoms with Crippen LogP contribution in [0.2, 0.25) is 0 Å². The highest BCUT2D eigenvalue weighted by Gasteiger charge is 2.27. The van der Waals surface area contributed by atoms with Crippen molar-refractivity contribution in [3.8, 4) is 0 Å². The zero-order chi connectivity index (χ0) is 11.5. The molecule has 0 aliphatic carbocycles. The van der Waals surface area contributed by atoms with Gasteiger partial charge in [0.2, 0.25) is 5.78 Å². The van der Waals surface area contributed by atoms with E-state index in [1.807, 2.05) is 0 Å². The first-order valence-corrected chi connectivity index (χ1v) is 6.52. The molecular formula is C8H10BrO5P. The Morgan fingerprint density at radius 3 is 2.47 bits per heavy atom. The van der Waals surface area contributed by atoms with E-state index in [4.69, 9.17) is 4.42 Å². The summed E-state index contributed by atoms with van der Waals surface area (Å²) >= 11 is 3.06. The van der Waals surface area contributed by atoms with Crippen LogP contribution in [0.3, 0.4) is 0 Å². The fraction of sp³-hybridized carbons (Fsp3) is 0.375. The van der Waals surface area contributed by atoms with Gasteiger partial charge < -0.3 is 13.5 Å². The summed E-state index contributed by atoms with van der Waals surface area (Å²) in [5, 5.41) is 0. The van der Waals surface area contributed by atoms with Gasteiger partial charge in [0.1, 0.15) is 6.16 Å². The van der Waals surface area contributed by atoms with Gasteiger partial charge >= 0.3 is 7.60 Å². The first-order chi connectivity index (χ1) is 7.00. The average molecular weight is 297 g/mol. The maximum atomic E-state index is 11.6. The highest BCUT2D eigenvalue weighted by molar-refractivity contribution is 9.10. The summed E-state index contributed by atoms with van der Waals surface area (Å²) in [4.78, 5) is 11.5. The summed E-state index contributed by atoms with van der Waals surface area (Å²) in [6, 6.07) is 3.07. The number of hydrogen-bond acceptors (Lipinski definition) is 5. The predicted molar refractivity (Wildman–Crippen MR) is 57.2 cm³/mol. The van der Waals surface area contributed by atoms with Crippen LogP contribution in [-0.2, 0) is 13.6 Å². The number of rotatable bonds is 5. The van der Waals surface area contributed by atoms with E-state index in [0.29, 0.717) is 4.67 Å². The number of carbonyl (C=O) groups excluding carboxylic acids is 1. The van der Waals surface area contributed by atoms with Gasteiger partial charge in [-0.1, -0.05) is 0 Å². The minimum absolute atomic E-state index is 0.121. The molecule has 0 aliphatic heterocycles. The summed E-state index contributed by atoms with van der Waals surface area (Å²) < 4.78 is 26.4. The minimum atomic E-state index is -3.32. The molecule has 0 unspecified atom stereocenters. The molecule has 1 aromatic heterocycles. The van der Waals surface area contributed by atoms with E-state index in [9.17, 15) is 9.36 Å². The van der Waals surface area contributed by atoms with E-state index in [1.165, 1.54) is 20.3 Å². The molecule has 1 rings (SSSR count). The third kappa shape index (κ3) is 3.28. The summed E-state index contributed by atoms with van der Waals surface area (Å²) in [5.41, 5.74) is 0. The number of furan rings is 1. The standard InChI is InChI=1S/C8H10BrO5P/c1-12-15(11,13-2)5-6(10)7-3-4-8(9)14-7/h3-4H,5H2,1-2H3. The van der Waals surface area contributed by atoms with Gasteiger partial charge in [-0.3, -0.25) is 9.36 Å². The molecule has 7 heteroatoms. The molecule has 0 bridgehead atoms. The summed E-state index contributed by atoms with van der Waals surface area (Å²) in [7, 11) is -0.855. The van der Waals surface area contributed by atoms with Gasteiger partial charge in [-0.2, -0.15) is 0 Å². The van der Waals surface area contributed by atoms with Crippen LogP contribution in [0.5, 0.6) is 0 Å². The number of hydrogen-bond donors (Lipinski definition) is 0. The van der Waals surface area contributed by atoms with Gasteiger partial charge in [-0.25, -0.2) is 0 Å². The Hall–Kier alpha value is -0.420. The van der Waals surface area contributed by atoms with E-state index in [1.54, 1.807) is 6.07 Å². The van der Waals surface area contributed by atoms with Crippen molar-refractivity contribution < 1.29 is 22.8 Å². The monoisotopic (exact) mass is 296 g/mol. The third-order valence-corrected chi connectivity index (χ3v) is 3.96. The Balaban J connectivity index is 2.75. The minimum Gasteiger partial charge on any atom is -0.446 e. The molecule has 0 aliphatic rings. The molecule has 0 fully saturated rings. The Bertz CT molecular complexity index is 391. The maximum absolute atomic E-state index is 11.6. The van der Waals surface area contributed by atoms with Crippen molar-refractivity contribution in [2.45, 2.75) is 0 Å². The van der Waals surface area contributed by atoms with Crippen LogP contribution in [-0.4, -0.2) is 26.2 Å². The average Bonchev–Trinajstić information content (AvgIpc) is 2.65. The molecule has 15 heavy (non-hydrogen) atoms. The topological polar surface area (TPSA) is 65.7 Å². The Morgan fingerprint density at radius 1 is 1.47 bits per heavy atom. The Labute approximate surface area is 95.4 Å². The van der Waals surface area contributed by atoms with Crippen LogP contribution in [0.15, 0.2) is 21.2 Å². The highest BCUT2D eigenvalue weighted by Crippen LogP contribution is 2.46. The molecular weight excluding hydrogens is 287 g/mol. The Kier molecular flexibility index (Phi) is 4.28. The van der Waals surface area contributed by atoms with Crippen LogP contribution < -0.4 is 0 Å².